The largest absolute Gasteiger partial charge is 0.378 e. The Labute approximate surface area is 232 Å². The van der Waals surface area contributed by atoms with Crippen LogP contribution in [-0.4, -0.2) is 87.2 Å². The fourth-order valence-corrected chi connectivity index (χ4v) is 7.50. The van der Waals surface area contributed by atoms with Gasteiger partial charge >= 0.3 is 0 Å². The van der Waals surface area contributed by atoms with Crippen LogP contribution in [0.2, 0.25) is 0 Å². The summed E-state index contributed by atoms with van der Waals surface area (Å²) in [6.07, 6.45) is 5.63. The first-order valence-corrected chi connectivity index (χ1v) is 15.1. The van der Waals surface area contributed by atoms with Crippen LogP contribution in [0.3, 0.4) is 0 Å². The molecule has 9 nitrogen and oxygen atoms in total. The van der Waals surface area contributed by atoms with Gasteiger partial charge in [0.15, 0.2) is 5.82 Å². The van der Waals surface area contributed by atoms with E-state index < -0.39 is 0 Å². The summed E-state index contributed by atoms with van der Waals surface area (Å²) in [7, 11) is 0. The van der Waals surface area contributed by atoms with Gasteiger partial charge in [-0.15, -0.1) is 11.3 Å². The lowest BCUT2D eigenvalue weighted by Gasteiger charge is -2.37. The van der Waals surface area contributed by atoms with E-state index in [1.807, 2.05) is 18.2 Å². The summed E-state index contributed by atoms with van der Waals surface area (Å²) in [5.74, 6) is 2.87. The van der Waals surface area contributed by atoms with Crippen LogP contribution in [-0.2, 0) is 22.5 Å². The summed E-state index contributed by atoms with van der Waals surface area (Å²) < 4.78 is 8.87. The minimum atomic E-state index is 0.282. The molecule has 3 aromatic heterocycles. The molecule has 1 saturated carbocycles. The lowest BCUT2D eigenvalue weighted by Crippen LogP contribution is -2.53. The maximum Gasteiger partial charge on any atom is 0.238 e. The third-order valence-electron chi connectivity index (χ3n) is 8.33. The highest BCUT2D eigenvalue weighted by molar-refractivity contribution is 7.19. The molecule has 1 aromatic carbocycles. The first kappa shape index (κ1) is 24.9. The molecule has 0 radical (unpaired) electrons. The fraction of sp³-hybridized carbons (Fsp3) is 0.517. The Kier molecular flexibility index (Phi) is 6.70. The van der Waals surface area contributed by atoms with Crippen molar-refractivity contribution >= 4 is 44.3 Å². The Hall–Kier alpha value is -3.08. The lowest BCUT2D eigenvalue weighted by molar-refractivity contribution is -0.138. The third kappa shape index (κ3) is 4.68. The Morgan fingerprint density at radius 3 is 2.62 bits per heavy atom. The highest BCUT2D eigenvalue weighted by Gasteiger charge is 2.31. The zero-order valence-corrected chi connectivity index (χ0v) is 23.3. The molecular formula is C29H35N7O2S. The van der Waals surface area contributed by atoms with E-state index in [0.717, 1.165) is 72.0 Å². The van der Waals surface area contributed by atoms with Crippen molar-refractivity contribution in [3.05, 3.63) is 41.0 Å². The van der Waals surface area contributed by atoms with Crippen molar-refractivity contribution in [2.45, 2.75) is 51.6 Å². The van der Waals surface area contributed by atoms with Crippen LogP contribution in [0.4, 0.5) is 5.82 Å². The summed E-state index contributed by atoms with van der Waals surface area (Å²) in [5, 5.41) is 0. The van der Waals surface area contributed by atoms with Crippen LogP contribution in [0.15, 0.2) is 30.3 Å². The molecule has 204 valence electrons. The van der Waals surface area contributed by atoms with Gasteiger partial charge < -0.3 is 14.5 Å². The van der Waals surface area contributed by atoms with E-state index in [-0.39, 0.29) is 5.91 Å². The molecule has 0 spiro atoms. The molecule has 3 fully saturated rings. The van der Waals surface area contributed by atoms with Crippen molar-refractivity contribution < 1.29 is 9.53 Å². The second-order valence-corrected chi connectivity index (χ2v) is 12.0. The molecule has 4 aromatic rings. The van der Waals surface area contributed by atoms with Crippen LogP contribution in [0, 0.1) is 0 Å². The summed E-state index contributed by atoms with van der Waals surface area (Å²) in [6.45, 7) is 8.14. The van der Waals surface area contributed by atoms with Gasteiger partial charge in [0.05, 0.1) is 41.0 Å². The van der Waals surface area contributed by atoms with E-state index >= 15 is 0 Å². The summed E-state index contributed by atoms with van der Waals surface area (Å²) in [5.41, 5.74) is 2.94. The number of hydrogen-bond acceptors (Lipinski definition) is 8. The highest BCUT2D eigenvalue weighted by atomic mass is 32.1. The van der Waals surface area contributed by atoms with E-state index in [4.69, 9.17) is 19.7 Å². The molecule has 1 aliphatic carbocycles. The second-order valence-electron chi connectivity index (χ2n) is 10.8. The van der Waals surface area contributed by atoms with E-state index in [0.29, 0.717) is 31.7 Å². The van der Waals surface area contributed by atoms with Crippen LogP contribution in [0.5, 0.6) is 0 Å². The second kappa shape index (κ2) is 10.5. The molecule has 7 rings (SSSR count). The number of piperazine rings is 1. The van der Waals surface area contributed by atoms with Gasteiger partial charge in [0.1, 0.15) is 5.82 Å². The normalized spacial score (nSPS) is 19.7. The van der Waals surface area contributed by atoms with E-state index in [1.54, 1.807) is 11.3 Å². The Morgan fingerprint density at radius 1 is 1.00 bits per heavy atom. The van der Waals surface area contributed by atoms with Crippen molar-refractivity contribution in [3.63, 3.8) is 0 Å². The van der Waals surface area contributed by atoms with Gasteiger partial charge in [-0.2, -0.15) is 4.98 Å². The number of rotatable bonds is 6. The van der Waals surface area contributed by atoms with Crippen LogP contribution < -0.4 is 4.90 Å². The number of benzene rings is 1. The third-order valence-corrected chi connectivity index (χ3v) is 9.44. The number of amides is 1. The van der Waals surface area contributed by atoms with Gasteiger partial charge in [0.2, 0.25) is 11.9 Å². The molecule has 0 bridgehead atoms. The molecule has 0 unspecified atom stereocenters. The fourth-order valence-electron chi connectivity index (χ4n) is 6.35. The monoisotopic (exact) mass is 545 g/mol. The number of aryl methyl sites for hydroxylation is 1. The molecule has 2 saturated heterocycles. The number of fused-ring (bicyclic) bond motifs is 2. The zero-order chi connectivity index (χ0) is 26.3. The number of anilines is 1. The Balaban J connectivity index is 1.23. The number of aromatic nitrogens is 4. The first-order valence-electron chi connectivity index (χ1n) is 14.3. The van der Waals surface area contributed by atoms with E-state index in [2.05, 4.69) is 38.3 Å². The SMILES string of the molecule is CCc1nc2ccccc2n1-c1nc(N2CCOCC2)c2sc(CN3CCN(C4CCCC4)C(=O)C3)cc2n1. The average molecular weight is 546 g/mol. The molecule has 2 aliphatic heterocycles. The van der Waals surface area contributed by atoms with Gasteiger partial charge in [0.25, 0.3) is 0 Å². The van der Waals surface area contributed by atoms with Crippen LogP contribution >= 0.6 is 11.3 Å². The molecular weight excluding hydrogens is 510 g/mol. The maximum atomic E-state index is 13.0. The summed E-state index contributed by atoms with van der Waals surface area (Å²) in [4.78, 5) is 36.1. The van der Waals surface area contributed by atoms with Gasteiger partial charge in [0, 0.05) is 50.1 Å². The molecule has 10 heteroatoms. The number of nitrogens with zero attached hydrogens (tertiary/aromatic N) is 7. The molecule has 3 aliphatic rings. The van der Waals surface area contributed by atoms with Crippen LogP contribution in [0.25, 0.3) is 27.2 Å². The Bertz CT molecular complexity index is 1500. The van der Waals surface area contributed by atoms with Crippen molar-refractivity contribution in [2.75, 3.05) is 50.8 Å². The van der Waals surface area contributed by atoms with Crippen molar-refractivity contribution in [2.24, 2.45) is 0 Å². The molecule has 0 atom stereocenters. The van der Waals surface area contributed by atoms with Crippen LogP contribution in [0.1, 0.15) is 43.3 Å². The number of carbonyl (C=O) groups is 1. The quantitative estimate of drug-likeness (QED) is 0.362. The smallest absolute Gasteiger partial charge is 0.238 e. The van der Waals surface area contributed by atoms with Crippen molar-refractivity contribution in [1.82, 2.24) is 29.3 Å². The number of imidazole rings is 1. The maximum absolute atomic E-state index is 13.0. The Morgan fingerprint density at radius 2 is 1.82 bits per heavy atom. The van der Waals surface area contributed by atoms with E-state index in [9.17, 15) is 4.79 Å². The van der Waals surface area contributed by atoms with E-state index in [1.165, 1.54) is 30.6 Å². The molecule has 0 N–H and O–H groups in total. The predicted octanol–water partition coefficient (Wildman–Crippen LogP) is 4.02. The van der Waals surface area contributed by atoms with Crippen molar-refractivity contribution in [3.8, 4) is 5.95 Å². The average Bonchev–Trinajstić information content (AvgIpc) is 3.71. The van der Waals surface area contributed by atoms with Gasteiger partial charge in [-0.1, -0.05) is 31.9 Å². The number of hydrogen-bond donors (Lipinski definition) is 0. The molecule has 1 amide bonds. The van der Waals surface area contributed by atoms with Crippen molar-refractivity contribution in [1.29, 1.82) is 0 Å². The number of ether oxygens (including phenoxy) is 1. The minimum absolute atomic E-state index is 0.282. The predicted molar refractivity (Wildman–Crippen MR) is 154 cm³/mol. The summed E-state index contributed by atoms with van der Waals surface area (Å²) in [6, 6.07) is 10.9. The number of morpholine rings is 1. The van der Waals surface area contributed by atoms with Gasteiger partial charge in [-0.3, -0.25) is 14.3 Å². The number of para-hydroxylation sites is 2. The summed E-state index contributed by atoms with van der Waals surface area (Å²) >= 11 is 1.76. The first-order chi connectivity index (χ1) is 19.2. The standard InChI is InChI=1S/C29H35N7O2S/c1-2-25-30-22-9-5-6-10-24(22)36(25)29-31-23-17-21(39-27(23)28(32-29)34-13-15-38-16-14-34)18-33-11-12-35(26(37)19-33)20-7-3-4-8-20/h5-6,9-10,17,20H,2-4,7-8,11-16,18-19H2,1H3. The minimum Gasteiger partial charge on any atom is -0.378 e. The highest BCUT2D eigenvalue weighted by Crippen LogP contribution is 2.35. The number of carbonyl (C=O) groups excluding carboxylic acids is 1. The molecule has 5 heterocycles. The zero-order valence-electron chi connectivity index (χ0n) is 22.5. The lowest BCUT2D eigenvalue weighted by atomic mass is 10.1. The topological polar surface area (TPSA) is 79.6 Å². The number of thiophene rings is 1. The molecule has 39 heavy (non-hydrogen) atoms. The van der Waals surface area contributed by atoms with Gasteiger partial charge in [-0.25, -0.2) is 9.97 Å². The van der Waals surface area contributed by atoms with Gasteiger partial charge in [-0.05, 0) is 31.0 Å².